The van der Waals surface area contributed by atoms with Crippen LogP contribution in [-0.4, -0.2) is 53.7 Å². The van der Waals surface area contributed by atoms with E-state index in [-0.39, 0.29) is 0 Å². The molecule has 3 atom stereocenters. The molecule has 0 spiro atoms. The van der Waals surface area contributed by atoms with E-state index >= 15 is 0 Å². The molecule has 0 aromatic rings. The Bertz CT molecular complexity index is 285. The first-order valence-corrected chi connectivity index (χ1v) is 8.57. The van der Waals surface area contributed by atoms with Crippen LogP contribution in [0.15, 0.2) is 0 Å². The van der Waals surface area contributed by atoms with Crippen LogP contribution in [0.2, 0.25) is 11.6 Å². The zero-order valence-corrected chi connectivity index (χ0v) is 14.6. The van der Waals surface area contributed by atoms with Crippen molar-refractivity contribution in [2.75, 3.05) is 6.54 Å². The molecule has 0 aromatic carbocycles. The zero-order valence-electron chi connectivity index (χ0n) is 14.6. The van der Waals surface area contributed by atoms with Gasteiger partial charge in [-0.25, -0.2) is 0 Å². The molecule has 1 heterocycles. The molecule has 0 bridgehead atoms. The number of rotatable bonds is 7. The van der Waals surface area contributed by atoms with E-state index in [9.17, 15) is 0 Å². The normalized spacial score (nSPS) is 30.3. The molecular formula is C14H33B4N. The van der Waals surface area contributed by atoms with Gasteiger partial charge in [0.25, 0.3) is 0 Å². The first-order chi connectivity index (χ1) is 8.79. The van der Waals surface area contributed by atoms with Crippen LogP contribution in [-0.2, 0) is 0 Å². The number of unbranched alkanes of at least 4 members (excludes halogenated alkanes) is 3. The molecule has 0 amide bonds. The molecule has 0 N–H and O–H groups in total. The lowest BCUT2D eigenvalue weighted by molar-refractivity contribution is 0.0870. The van der Waals surface area contributed by atoms with Crippen molar-refractivity contribution in [3.63, 3.8) is 0 Å². The van der Waals surface area contributed by atoms with Gasteiger partial charge in [0.05, 0.1) is 0 Å². The Labute approximate surface area is 125 Å². The second-order valence-corrected chi connectivity index (χ2v) is 7.69. The minimum absolute atomic E-state index is 0.356. The van der Waals surface area contributed by atoms with Crippen molar-refractivity contribution in [1.82, 2.24) is 4.90 Å². The predicted octanol–water partition coefficient (Wildman–Crippen LogP) is 0.204. The summed E-state index contributed by atoms with van der Waals surface area (Å²) < 4.78 is 0. The average Bonchev–Trinajstić information content (AvgIpc) is 2.58. The van der Waals surface area contributed by atoms with Crippen molar-refractivity contribution < 1.29 is 0 Å². The topological polar surface area (TPSA) is 3.24 Å². The van der Waals surface area contributed by atoms with Gasteiger partial charge in [0, 0.05) is 5.54 Å². The summed E-state index contributed by atoms with van der Waals surface area (Å²) in [5.41, 5.74) is 0.399. The van der Waals surface area contributed by atoms with Gasteiger partial charge in [0.2, 0.25) is 0 Å². The SMILES string of the molecule is BC1CN(C(C)(CC)CCCCCC)C(B)(B)C1B. The minimum Gasteiger partial charge on any atom is -0.309 e. The Morgan fingerprint density at radius 1 is 1.16 bits per heavy atom. The second kappa shape index (κ2) is 6.78. The highest BCUT2D eigenvalue weighted by Crippen LogP contribution is 2.45. The molecule has 1 aliphatic heterocycles. The van der Waals surface area contributed by atoms with Crippen LogP contribution in [0.25, 0.3) is 0 Å². The van der Waals surface area contributed by atoms with Crippen LogP contribution >= 0.6 is 0 Å². The van der Waals surface area contributed by atoms with Gasteiger partial charge in [0.1, 0.15) is 31.4 Å². The molecule has 1 nitrogen and oxygen atoms in total. The Kier molecular flexibility index (Phi) is 6.17. The molecule has 0 saturated carbocycles. The summed E-state index contributed by atoms with van der Waals surface area (Å²) >= 11 is 0. The molecule has 1 aliphatic rings. The molecule has 0 aliphatic carbocycles. The van der Waals surface area contributed by atoms with Crippen LogP contribution < -0.4 is 0 Å². The highest BCUT2D eigenvalue weighted by molar-refractivity contribution is 6.45. The third-order valence-electron chi connectivity index (χ3n) is 6.12. The highest BCUT2D eigenvalue weighted by atomic mass is 15.3. The standard InChI is InChI=1S/C14H33B4N/c1-4-6-7-8-9-13(3,5-2)19-10-11(15)12(16)14(19,17)18/h11-12H,4-10,15-18H2,1-3H3. The molecule has 5 heteroatoms. The lowest BCUT2D eigenvalue weighted by atomic mass is 9.46. The number of hydrogen-bond donors (Lipinski definition) is 0. The van der Waals surface area contributed by atoms with Gasteiger partial charge < -0.3 is 4.90 Å². The maximum atomic E-state index is 2.83. The Morgan fingerprint density at radius 2 is 1.79 bits per heavy atom. The summed E-state index contributed by atoms with van der Waals surface area (Å²) in [5.74, 6) is 1.63. The minimum atomic E-state index is 0.356. The Morgan fingerprint density at radius 3 is 2.21 bits per heavy atom. The van der Waals surface area contributed by atoms with Crippen LogP contribution in [0.4, 0.5) is 0 Å². The second-order valence-electron chi connectivity index (χ2n) is 7.69. The molecule has 0 aromatic heterocycles. The Hall–Kier alpha value is 0.220. The van der Waals surface area contributed by atoms with Crippen molar-refractivity contribution in [1.29, 1.82) is 0 Å². The molecule has 106 valence electrons. The van der Waals surface area contributed by atoms with Gasteiger partial charge in [-0.05, 0) is 31.6 Å². The van der Waals surface area contributed by atoms with Gasteiger partial charge in [0.15, 0.2) is 0 Å². The van der Waals surface area contributed by atoms with Gasteiger partial charge in [-0.3, -0.25) is 0 Å². The summed E-state index contributed by atoms with van der Waals surface area (Å²) in [7, 11) is 9.79. The van der Waals surface area contributed by atoms with Crippen molar-refractivity contribution >= 4 is 31.4 Å². The van der Waals surface area contributed by atoms with Gasteiger partial charge >= 0.3 is 0 Å². The fourth-order valence-electron chi connectivity index (χ4n) is 3.97. The van der Waals surface area contributed by atoms with E-state index in [0.717, 1.165) is 11.6 Å². The number of likely N-dealkylation sites (tertiary alicyclic amines) is 1. The maximum Gasteiger partial charge on any atom is 0.116 e. The fourth-order valence-corrected chi connectivity index (χ4v) is 3.97. The van der Waals surface area contributed by atoms with Crippen LogP contribution in [0.3, 0.4) is 0 Å². The van der Waals surface area contributed by atoms with E-state index in [0.29, 0.717) is 10.9 Å². The summed E-state index contributed by atoms with van der Waals surface area (Å²) in [6.07, 6.45) is 8.19. The van der Waals surface area contributed by atoms with Crippen molar-refractivity contribution in [2.24, 2.45) is 0 Å². The van der Waals surface area contributed by atoms with Gasteiger partial charge in [-0.2, -0.15) is 0 Å². The number of hydrogen-bond acceptors (Lipinski definition) is 1. The predicted molar refractivity (Wildman–Crippen MR) is 98.6 cm³/mol. The average molecular weight is 259 g/mol. The molecular weight excluding hydrogens is 225 g/mol. The first-order valence-electron chi connectivity index (χ1n) is 8.57. The Balaban J connectivity index is 2.72. The van der Waals surface area contributed by atoms with Crippen molar-refractivity contribution in [3.8, 4) is 0 Å². The van der Waals surface area contributed by atoms with E-state index in [1.807, 2.05) is 0 Å². The fraction of sp³-hybridized carbons (Fsp3) is 1.00. The van der Waals surface area contributed by atoms with Crippen LogP contribution in [0, 0.1) is 0 Å². The van der Waals surface area contributed by atoms with Crippen LogP contribution in [0.1, 0.15) is 59.3 Å². The quantitative estimate of drug-likeness (QED) is 0.466. The first kappa shape index (κ1) is 17.3. The van der Waals surface area contributed by atoms with E-state index < -0.39 is 0 Å². The smallest absolute Gasteiger partial charge is 0.116 e. The monoisotopic (exact) mass is 259 g/mol. The molecule has 1 rings (SSSR count). The van der Waals surface area contributed by atoms with E-state index in [1.165, 1.54) is 45.1 Å². The van der Waals surface area contributed by atoms with E-state index in [1.54, 1.807) is 0 Å². The summed E-state index contributed by atoms with van der Waals surface area (Å²) in [5, 5.41) is 0.356. The maximum absolute atomic E-state index is 2.83. The molecule has 1 saturated heterocycles. The van der Waals surface area contributed by atoms with Gasteiger partial charge in [-0.15, -0.1) is 0 Å². The molecule has 19 heavy (non-hydrogen) atoms. The summed E-state index contributed by atoms with van der Waals surface area (Å²) in [6, 6.07) is 0. The van der Waals surface area contributed by atoms with Crippen LogP contribution in [0.5, 0.6) is 0 Å². The molecule has 3 unspecified atom stereocenters. The van der Waals surface area contributed by atoms with E-state index in [2.05, 4.69) is 57.1 Å². The summed E-state index contributed by atoms with van der Waals surface area (Å²) in [6.45, 7) is 8.47. The lowest BCUT2D eigenvalue weighted by Gasteiger charge is -2.48. The number of nitrogens with zero attached hydrogens (tertiary/aromatic N) is 1. The highest BCUT2D eigenvalue weighted by Gasteiger charge is 2.48. The third kappa shape index (κ3) is 3.65. The van der Waals surface area contributed by atoms with E-state index in [4.69, 9.17) is 0 Å². The van der Waals surface area contributed by atoms with Gasteiger partial charge in [-0.1, -0.05) is 51.2 Å². The molecule has 1 fully saturated rings. The third-order valence-corrected chi connectivity index (χ3v) is 6.12. The van der Waals surface area contributed by atoms with Crippen molar-refractivity contribution in [2.45, 2.75) is 81.8 Å². The summed E-state index contributed by atoms with van der Waals surface area (Å²) in [4.78, 5) is 2.83. The zero-order chi connectivity index (χ0) is 14.7. The lowest BCUT2D eigenvalue weighted by Crippen LogP contribution is -2.58. The van der Waals surface area contributed by atoms with Crippen molar-refractivity contribution in [3.05, 3.63) is 0 Å². The largest absolute Gasteiger partial charge is 0.309 e. The molecule has 0 radical (unpaired) electrons.